The molecular formula is C13H20N2O2. The summed E-state index contributed by atoms with van der Waals surface area (Å²) < 4.78 is 0. The average Bonchev–Trinajstić information content (AvgIpc) is 2.25. The number of phenols is 1. The molecule has 0 radical (unpaired) electrons. The molecule has 0 aliphatic rings. The molecule has 0 aliphatic carbocycles. The Labute approximate surface area is 102 Å². The van der Waals surface area contributed by atoms with E-state index in [4.69, 9.17) is 0 Å². The number of hydrogen-bond acceptors (Lipinski definition) is 3. The van der Waals surface area contributed by atoms with Crippen molar-refractivity contribution in [2.24, 2.45) is 0 Å². The Morgan fingerprint density at radius 2 is 1.88 bits per heavy atom. The van der Waals surface area contributed by atoms with E-state index in [-0.39, 0.29) is 11.7 Å². The monoisotopic (exact) mass is 236 g/mol. The van der Waals surface area contributed by atoms with Gasteiger partial charge in [0.2, 0.25) is 0 Å². The van der Waals surface area contributed by atoms with Crippen molar-refractivity contribution >= 4 is 5.91 Å². The summed E-state index contributed by atoms with van der Waals surface area (Å²) in [6.45, 7) is 3.35. The fourth-order valence-corrected chi connectivity index (χ4v) is 1.54. The molecule has 0 heterocycles. The van der Waals surface area contributed by atoms with Crippen molar-refractivity contribution < 1.29 is 9.90 Å². The van der Waals surface area contributed by atoms with Crippen LogP contribution in [0.5, 0.6) is 5.75 Å². The van der Waals surface area contributed by atoms with E-state index < -0.39 is 0 Å². The predicted molar refractivity (Wildman–Crippen MR) is 68.4 cm³/mol. The second-order valence-electron chi connectivity index (χ2n) is 4.53. The largest absolute Gasteiger partial charge is 0.508 e. The zero-order chi connectivity index (χ0) is 13.0. The maximum atomic E-state index is 12.1. The molecule has 1 amide bonds. The fraction of sp³-hybridized carbons (Fsp3) is 0.462. The Hall–Kier alpha value is -1.55. The van der Waals surface area contributed by atoms with Gasteiger partial charge in [0.05, 0.1) is 0 Å². The Kier molecular flexibility index (Phi) is 4.52. The molecule has 4 nitrogen and oxygen atoms in total. The van der Waals surface area contributed by atoms with Crippen LogP contribution < -0.4 is 0 Å². The maximum Gasteiger partial charge on any atom is 0.253 e. The van der Waals surface area contributed by atoms with Gasteiger partial charge >= 0.3 is 0 Å². The molecule has 17 heavy (non-hydrogen) atoms. The number of benzene rings is 1. The van der Waals surface area contributed by atoms with Gasteiger partial charge in [0.1, 0.15) is 5.75 Å². The minimum Gasteiger partial charge on any atom is -0.508 e. The van der Waals surface area contributed by atoms with Gasteiger partial charge in [-0.3, -0.25) is 4.79 Å². The summed E-state index contributed by atoms with van der Waals surface area (Å²) in [6.07, 6.45) is 0. The first kappa shape index (κ1) is 13.5. The number of amides is 1. The van der Waals surface area contributed by atoms with Crippen molar-refractivity contribution in [2.75, 3.05) is 34.2 Å². The molecule has 0 aromatic heterocycles. The molecule has 0 fully saturated rings. The van der Waals surface area contributed by atoms with E-state index in [1.54, 1.807) is 30.1 Å². The van der Waals surface area contributed by atoms with Crippen molar-refractivity contribution in [3.8, 4) is 5.75 Å². The van der Waals surface area contributed by atoms with Crippen molar-refractivity contribution in [2.45, 2.75) is 6.92 Å². The Morgan fingerprint density at radius 1 is 1.24 bits per heavy atom. The number of aromatic hydroxyl groups is 1. The van der Waals surface area contributed by atoms with E-state index in [9.17, 15) is 9.90 Å². The molecule has 1 N–H and O–H groups in total. The number of phenolic OH excluding ortho intramolecular Hbond substituents is 1. The molecule has 0 atom stereocenters. The Bertz CT molecular complexity index is 402. The van der Waals surface area contributed by atoms with E-state index in [1.807, 2.05) is 25.9 Å². The smallest absolute Gasteiger partial charge is 0.253 e. The SMILES string of the molecule is Cc1cc(O)ccc1C(=O)N(C)CCN(C)C. The molecule has 1 aromatic carbocycles. The third-order valence-corrected chi connectivity index (χ3v) is 2.67. The van der Waals surface area contributed by atoms with E-state index in [1.165, 1.54) is 0 Å². The van der Waals surface area contributed by atoms with E-state index in [0.717, 1.165) is 12.1 Å². The summed E-state index contributed by atoms with van der Waals surface area (Å²) in [5.74, 6) is 0.180. The highest BCUT2D eigenvalue weighted by molar-refractivity contribution is 5.95. The van der Waals surface area contributed by atoms with Gasteiger partial charge in [-0.15, -0.1) is 0 Å². The first-order valence-corrected chi connectivity index (χ1v) is 5.61. The number of rotatable bonds is 4. The molecule has 0 unspecified atom stereocenters. The highest BCUT2D eigenvalue weighted by Crippen LogP contribution is 2.16. The predicted octanol–water partition coefficient (Wildman–Crippen LogP) is 1.33. The number of aryl methyl sites for hydroxylation is 1. The maximum absolute atomic E-state index is 12.1. The molecule has 0 aliphatic heterocycles. The molecule has 0 spiro atoms. The number of likely N-dealkylation sites (N-methyl/N-ethyl adjacent to an activating group) is 2. The van der Waals surface area contributed by atoms with Gasteiger partial charge in [0, 0.05) is 25.7 Å². The Morgan fingerprint density at radius 3 is 2.41 bits per heavy atom. The van der Waals surface area contributed by atoms with Gasteiger partial charge in [0.25, 0.3) is 5.91 Å². The molecule has 94 valence electrons. The zero-order valence-electron chi connectivity index (χ0n) is 10.9. The van der Waals surface area contributed by atoms with Crippen LogP contribution in [-0.2, 0) is 0 Å². The quantitative estimate of drug-likeness (QED) is 0.858. The van der Waals surface area contributed by atoms with Crippen LogP contribution in [0.25, 0.3) is 0 Å². The average molecular weight is 236 g/mol. The molecule has 1 aromatic rings. The molecule has 0 saturated heterocycles. The van der Waals surface area contributed by atoms with E-state index >= 15 is 0 Å². The summed E-state index contributed by atoms with van der Waals surface area (Å²) in [5, 5.41) is 9.30. The van der Waals surface area contributed by atoms with E-state index in [2.05, 4.69) is 0 Å². The topological polar surface area (TPSA) is 43.8 Å². The summed E-state index contributed by atoms with van der Waals surface area (Å²) >= 11 is 0. The normalized spacial score (nSPS) is 10.6. The van der Waals surface area contributed by atoms with Crippen LogP contribution in [0.4, 0.5) is 0 Å². The van der Waals surface area contributed by atoms with Gasteiger partial charge in [-0.05, 0) is 44.8 Å². The number of carbonyl (C=O) groups excluding carboxylic acids is 1. The number of carbonyl (C=O) groups is 1. The third kappa shape index (κ3) is 3.75. The molecular weight excluding hydrogens is 216 g/mol. The lowest BCUT2D eigenvalue weighted by atomic mass is 10.1. The molecule has 4 heteroatoms. The minimum absolute atomic E-state index is 0.00986. The molecule has 1 rings (SSSR count). The summed E-state index contributed by atoms with van der Waals surface area (Å²) in [7, 11) is 5.74. The zero-order valence-corrected chi connectivity index (χ0v) is 10.9. The van der Waals surface area contributed by atoms with Crippen molar-refractivity contribution in [1.82, 2.24) is 9.80 Å². The first-order valence-electron chi connectivity index (χ1n) is 5.61. The highest BCUT2D eigenvalue weighted by Gasteiger charge is 2.14. The summed E-state index contributed by atoms with van der Waals surface area (Å²) in [4.78, 5) is 15.8. The lowest BCUT2D eigenvalue weighted by Crippen LogP contribution is -2.33. The summed E-state index contributed by atoms with van der Waals surface area (Å²) in [6, 6.07) is 4.81. The van der Waals surface area contributed by atoms with Crippen molar-refractivity contribution in [3.63, 3.8) is 0 Å². The second kappa shape index (κ2) is 5.68. The fourth-order valence-electron chi connectivity index (χ4n) is 1.54. The van der Waals surface area contributed by atoms with Crippen molar-refractivity contribution in [1.29, 1.82) is 0 Å². The summed E-state index contributed by atoms with van der Waals surface area (Å²) in [5.41, 5.74) is 1.44. The Balaban J connectivity index is 2.75. The van der Waals surface area contributed by atoms with Crippen LogP contribution in [0.15, 0.2) is 18.2 Å². The van der Waals surface area contributed by atoms with Gasteiger partial charge < -0.3 is 14.9 Å². The van der Waals surface area contributed by atoms with Crippen LogP contribution in [0.2, 0.25) is 0 Å². The first-order chi connectivity index (χ1) is 7.91. The van der Waals surface area contributed by atoms with Crippen LogP contribution >= 0.6 is 0 Å². The van der Waals surface area contributed by atoms with Crippen LogP contribution in [0, 0.1) is 6.92 Å². The van der Waals surface area contributed by atoms with Crippen LogP contribution in [-0.4, -0.2) is 55.0 Å². The molecule has 0 bridgehead atoms. The number of hydrogen-bond donors (Lipinski definition) is 1. The van der Waals surface area contributed by atoms with Crippen LogP contribution in [0.3, 0.4) is 0 Å². The van der Waals surface area contributed by atoms with E-state index in [0.29, 0.717) is 12.1 Å². The van der Waals surface area contributed by atoms with Gasteiger partial charge in [0.15, 0.2) is 0 Å². The van der Waals surface area contributed by atoms with Crippen LogP contribution in [0.1, 0.15) is 15.9 Å². The standard InChI is InChI=1S/C13H20N2O2/c1-10-9-11(16)5-6-12(10)13(17)15(4)8-7-14(2)3/h5-6,9,16H,7-8H2,1-4H3. The molecule has 0 saturated carbocycles. The van der Waals surface area contributed by atoms with Gasteiger partial charge in [-0.2, -0.15) is 0 Å². The lowest BCUT2D eigenvalue weighted by Gasteiger charge is -2.20. The van der Waals surface area contributed by atoms with Crippen molar-refractivity contribution in [3.05, 3.63) is 29.3 Å². The highest BCUT2D eigenvalue weighted by atomic mass is 16.3. The number of nitrogens with zero attached hydrogens (tertiary/aromatic N) is 2. The minimum atomic E-state index is -0.00986. The van der Waals surface area contributed by atoms with Gasteiger partial charge in [-0.25, -0.2) is 0 Å². The second-order valence-corrected chi connectivity index (χ2v) is 4.53. The third-order valence-electron chi connectivity index (χ3n) is 2.67. The van der Waals surface area contributed by atoms with Gasteiger partial charge in [-0.1, -0.05) is 0 Å². The lowest BCUT2D eigenvalue weighted by molar-refractivity contribution is 0.0785.